The summed E-state index contributed by atoms with van der Waals surface area (Å²) in [4.78, 5) is 51.9. The Morgan fingerprint density at radius 3 is 2.41 bits per heavy atom. The SMILES string of the molecule is COCCCCn1c(C(=O)N(CC(C)C)C2CC(C(=O)N3CCCC3)CN(C(=O)OC(C)(C)C)C2)nc2ccc(OC)cc21. The summed E-state index contributed by atoms with van der Waals surface area (Å²) in [6.45, 7) is 13.4. The van der Waals surface area contributed by atoms with Gasteiger partial charge in [-0.3, -0.25) is 9.59 Å². The highest BCUT2D eigenvalue weighted by Gasteiger charge is 2.42. The maximum absolute atomic E-state index is 14.6. The molecular formula is C33H51N5O6. The van der Waals surface area contributed by atoms with Gasteiger partial charge in [-0.05, 0) is 70.9 Å². The van der Waals surface area contributed by atoms with Gasteiger partial charge in [-0.15, -0.1) is 0 Å². The van der Waals surface area contributed by atoms with E-state index in [4.69, 9.17) is 19.2 Å². The van der Waals surface area contributed by atoms with Crippen molar-refractivity contribution < 1.29 is 28.6 Å². The number of fused-ring (bicyclic) bond motifs is 1. The summed E-state index contributed by atoms with van der Waals surface area (Å²) >= 11 is 0. The Kier molecular flexibility index (Phi) is 11.2. The minimum Gasteiger partial charge on any atom is -0.497 e. The number of methoxy groups -OCH3 is 2. The van der Waals surface area contributed by atoms with Crippen LogP contribution in [0.1, 0.15) is 77.3 Å². The topological polar surface area (TPSA) is 106 Å². The highest BCUT2D eigenvalue weighted by atomic mass is 16.6. The van der Waals surface area contributed by atoms with Gasteiger partial charge in [0.1, 0.15) is 11.4 Å². The third kappa shape index (κ3) is 8.22. The van der Waals surface area contributed by atoms with E-state index in [1.165, 1.54) is 0 Å². The molecule has 3 amide bonds. The molecule has 0 N–H and O–H groups in total. The van der Waals surface area contributed by atoms with Crippen molar-refractivity contribution in [3.8, 4) is 5.75 Å². The van der Waals surface area contributed by atoms with Gasteiger partial charge in [-0.2, -0.15) is 0 Å². The van der Waals surface area contributed by atoms with E-state index in [-0.39, 0.29) is 30.3 Å². The first-order valence-corrected chi connectivity index (χ1v) is 16.0. The Labute approximate surface area is 261 Å². The molecule has 2 unspecified atom stereocenters. The summed E-state index contributed by atoms with van der Waals surface area (Å²) in [6.07, 6.45) is 3.65. The standard InChI is InChI=1S/C33H51N5O6/c1-23(2)20-38(31(40)29-34-27-13-12-26(43-7)19-28(27)37(29)16-10-11-17-42-6)25-18-24(30(39)35-14-8-9-15-35)21-36(22-25)32(41)44-33(3,4)5/h12-13,19,23-25H,8-11,14-18,20-22H2,1-7H3. The van der Waals surface area contributed by atoms with Gasteiger partial charge in [0.15, 0.2) is 5.82 Å². The van der Waals surface area contributed by atoms with Crippen molar-refractivity contribution in [1.29, 1.82) is 0 Å². The van der Waals surface area contributed by atoms with Crippen molar-refractivity contribution >= 4 is 28.9 Å². The molecule has 2 atom stereocenters. The minimum absolute atomic E-state index is 0.0511. The molecule has 0 spiro atoms. The van der Waals surface area contributed by atoms with Crippen LogP contribution in [0.25, 0.3) is 11.0 Å². The predicted molar refractivity (Wildman–Crippen MR) is 169 cm³/mol. The van der Waals surface area contributed by atoms with Gasteiger partial charge < -0.3 is 33.5 Å². The lowest BCUT2D eigenvalue weighted by Gasteiger charge is -2.43. The van der Waals surface area contributed by atoms with Crippen LogP contribution < -0.4 is 4.74 Å². The van der Waals surface area contributed by atoms with E-state index in [0.717, 1.165) is 44.3 Å². The van der Waals surface area contributed by atoms with Gasteiger partial charge in [0, 0.05) is 59.1 Å². The van der Waals surface area contributed by atoms with Crippen LogP contribution in [0.15, 0.2) is 18.2 Å². The Morgan fingerprint density at radius 1 is 1.05 bits per heavy atom. The first kappa shape index (κ1) is 33.6. The fourth-order valence-electron chi connectivity index (χ4n) is 6.20. The van der Waals surface area contributed by atoms with Crippen molar-refractivity contribution in [1.82, 2.24) is 24.3 Å². The van der Waals surface area contributed by atoms with Gasteiger partial charge in [-0.25, -0.2) is 9.78 Å². The highest BCUT2D eigenvalue weighted by molar-refractivity contribution is 5.95. The van der Waals surface area contributed by atoms with Gasteiger partial charge in [-0.1, -0.05) is 13.8 Å². The molecule has 2 saturated heterocycles. The third-order valence-electron chi connectivity index (χ3n) is 8.24. The fraction of sp³-hybridized carbons (Fsp3) is 0.697. The van der Waals surface area contributed by atoms with E-state index < -0.39 is 17.6 Å². The number of likely N-dealkylation sites (tertiary alicyclic amines) is 2. The number of aromatic nitrogens is 2. The molecule has 0 saturated carbocycles. The first-order chi connectivity index (χ1) is 20.9. The van der Waals surface area contributed by atoms with Gasteiger partial charge in [0.2, 0.25) is 5.91 Å². The molecule has 4 rings (SSSR count). The number of carbonyl (C=O) groups excluding carboxylic acids is 3. The minimum atomic E-state index is -0.680. The Balaban J connectivity index is 1.71. The second kappa shape index (κ2) is 14.6. The average Bonchev–Trinajstić information content (AvgIpc) is 3.64. The second-order valence-corrected chi connectivity index (χ2v) is 13.5. The molecular weight excluding hydrogens is 562 g/mol. The Hall–Kier alpha value is -3.34. The third-order valence-corrected chi connectivity index (χ3v) is 8.24. The molecule has 1 aromatic heterocycles. The predicted octanol–water partition coefficient (Wildman–Crippen LogP) is 4.82. The van der Waals surface area contributed by atoms with Crippen molar-refractivity contribution in [2.45, 2.75) is 84.9 Å². The zero-order valence-corrected chi connectivity index (χ0v) is 27.6. The van der Waals surface area contributed by atoms with Crippen molar-refractivity contribution in [2.24, 2.45) is 11.8 Å². The number of piperidine rings is 1. The molecule has 11 heteroatoms. The number of rotatable bonds is 11. The van der Waals surface area contributed by atoms with Crippen LogP contribution in [0.4, 0.5) is 4.79 Å². The average molecular weight is 614 g/mol. The summed E-state index contributed by atoms with van der Waals surface area (Å²) in [6, 6.07) is 5.26. The number of benzene rings is 1. The monoisotopic (exact) mass is 613 g/mol. The van der Waals surface area contributed by atoms with Crippen LogP contribution in [0.5, 0.6) is 5.75 Å². The number of carbonyl (C=O) groups is 3. The zero-order chi connectivity index (χ0) is 32.0. The van der Waals surface area contributed by atoms with E-state index in [2.05, 4.69) is 13.8 Å². The number of nitrogens with zero attached hydrogens (tertiary/aromatic N) is 5. The van der Waals surface area contributed by atoms with E-state index >= 15 is 0 Å². The van der Waals surface area contributed by atoms with Crippen LogP contribution in [0.2, 0.25) is 0 Å². The number of imidazole rings is 1. The number of amides is 3. The van der Waals surface area contributed by atoms with Crippen molar-refractivity contribution in [3.63, 3.8) is 0 Å². The summed E-state index contributed by atoms with van der Waals surface area (Å²) in [5, 5.41) is 0. The van der Waals surface area contributed by atoms with Crippen molar-refractivity contribution in [3.05, 3.63) is 24.0 Å². The molecule has 244 valence electrons. The van der Waals surface area contributed by atoms with Crippen LogP contribution in [0, 0.1) is 11.8 Å². The molecule has 11 nitrogen and oxygen atoms in total. The van der Waals surface area contributed by atoms with E-state index in [1.807, 2.05) is 53.3 Å². The van der Waals surface area contributed by atoms with Gasteiger partial charge >= 0.3 is 6.09 Å². The second-order valence-electron chi connectivity index (χ2n) is 13.5. The number of hydrogen-bond donors (Lipinski definition) is 0. The van der Waals surface area contributed by atoms with Crippen LogP contribution >= 0.6 is 0 Å². The number of aryl methyl sites for hydroxylation is 1. The van der Waals surface area contributed by atoms with E-state index in [9.17, 15) is 14.4 Å². The van der Waals surface area contributed by atoms with Crippen LogP contribution in [-0.2, 0) is 20.8 Å². The summed E-state index contributed by atoms with van der Waals surface area (Å²) < 4.78 is 18.5. The Morgan fingerprint density at radius 2 is 1.77 bits per heavy atom. The highest BCUT2D eigenvalue weighted by Crippen LogP contribution is 2.29. The normalized spacial score (nSPS) is 19.1. The lowest BCUT2D eigenvalue weighted by Crippen LogP contribution is -2.58. The van der Waals surface area contributed by atoms with Crippen molar-refractivity contribution in [2.75, 3.05) is 53.6 Å². The molecule has 2 aliphatic rings. The summed E-state index contributed by atoms with van der Waals surface area (Å²) in [5.41, 5.74) is 0.864. The van der Waals surface area contributed by atoms with E-state index in [0.29, 0.717) is 49.8 Å². The molecule has 2 fully saturated rings. The number of hydrogen-bond acceptors (Lipinski definition) is 7. The summed E-state index contributed by atoms with van der Waals surface area (Å²) in [5.74, 6) is 0.627. The lowest BCUT2D eigenvalue weighted by atomic mass is 9.91. The quantitative estimate of drug-likeness (QED) is 0.335. The maximum Gasteiger partial charge on any atom is 0.410 e. The molecule has 0 aliphatic carbocycles. The van der Waals surface area contributed by atoms with Crippen LogP contribution in [0.3, 0.4) is 0 Å². The first-order valence-electron chi connectivity index (χ1n) is 16.0. The summed E-state index contributed by atoms with van der Waals surface area (Å²) in [7, 11) is 3.30. The molecule has 0 bridgehead atoms. The van der Waals surface area contributed by atoms with Gasteiger partial charge in [0.05, 0.1) is 30.1 Å². The lowest BCUT2D eigenvalue weighted by molar-refractivity contribution is -0.137. The molecule has 44 heavy (non-hydrogen) atoms. The van der Waals surface area contributed by atoms with Gasteiger partial charge in [0.25, 0.3) is 5.91 Å². The van der Waals surface area contributed by atoms with E-state index in [1.54, 1.807) is 19.1 Å². The number of ether oxygens (including phenoxy) is 3. The number of unbranched alkanes of at least 4 members (excludes halogenated alkanes) is 1. The molecule has 2 aromatic rings. The fourth-order valence-corrected chi connectivity index (χ4v) is 6.20. The molecule has 2 aliphatic heterocycles. The molecule has 3 heterocycles. The smallest absolute Gasteiger partial charge is 0.410 e. The Bertz CT molecular complexity index is 1300. The molecule has 1 aromatic carbocycles. The molecule has 0 radical (unpaired) electrons. The largest absolute Gasteiger partial charge is 0.497 e. The van der Waals surface area contributed by atoms with Crippen LogP contribution in [-0.4, -0.2) is 107 Å². The zero-order valence-electron chi connectivity index (χ0n) is 27.6. The maximum atomic E-state index is 14.6.